The maximum atomic E-state index is 11.8. The lowest BCUT2D eigenvalue weighted by Gasteiger charge is -2.08. The second-order valence-electron chi connectivity index (χ2n) is 3.79. The van der Waals surface area contributed by atoms with Gasteiger partial charge >= 0.3 is 5.97 Å². The van der Waals surface area contributed by atoms with Crippen LogP contribution in [0.25, 0.3) is 0 Å². The van der Waals surface area contributed by atoms with Crippen LogP contribution in [0.5, 0.6) is 0 Å². The topological polar surface area (TPSA) is 75.6 Å². The largest absolute Gasteiger partial charge is 0.480 e. The van der Waals surface area contributed by atoms with E-state index < -0.39 is 5.97 Å². The molecular weight excluding hydrogens is 337 g/mol. The first-order valence-electron chi connectivity index (χ1n) is 5.45. The monoisotopic (exact) mass is 349 g/mol. The van der Waals surface area contributed by atoms with Gasteiger partial charge in [0.15, 0.2) is 0 Å². The lowest BCUT2D eigenvalue weighted by atomic mass is 10.1. The Morgan fingerprint density at radius 2 is 2.16 bits per heavy atom. The molecule has 0 heterocycles. The van der Waals surface area contributed by atoms with Gasteiger partial charge in [-0.15, -0.1) is 0 Å². The fourth-order valence-electron chi connectivity index (χ4n) is 1.36. The predicted molar refractivity (Wildman–Crippen MR) is 74.7 cm³/mol. The van der Waals surface area contributed by atoms with Gasteiger partial charge < -0.3 is 15.2 Å². The van der Waals surface area contributed by atoms with E-state index in [0.717, 1.165) is 10.0 Å². The molecule has 0 spiro atoms. The van der Waals surface area contributed by atoms with Crippen molar-refractivity contribution in [3.05, 3.63) is 32.8 Å². The van der Waals surface area contributed by atoms with E-state index in [-0.39, 0.29) is 25.7 Å². The molecule has 0 saturated carbocycles. The Morgan fingerprint density at radius 3 is 2.74 bits per heavy atom. The number of amides is 1. The fourth-order valence-corrected chi connectivity index (χ4v) is 1.85. The van der Waals surface area contributed by atoms with Crippen molar-refractivity contribution >= 4 is 39.4 Å². The molecule has 7 heteroatoms. The third-order valence-electron chi connectivity index (χ3n) is 2.23. The Balaban J connectivity index is 2.48. The van der Waals surface area contributed by atoms with Crippen LogP contribution in [0.2, 0.25) is 5.02 Å². The molecule has 0 atom stereocenters. The third kappa shape index (κ3) is 5.18. The Kier molecular flexibility index (Phi) is 6.27. The summed E-state index contributed by atoms with van der Waals surface area (Å²) >= 11 is 9.27. The van der Waals surface area contributed by atoms with Crippen molar-refractivity contribution in [2.24, 2.45) is 0 Å². The van der Waals surface area contributed by atoms with E-state index in [1.54, 1.807) is 12.1 Å². The molecule has 19 heavy (non-hydrogen) atoms. The van der Waals surface area contributed by atoms with Crippen LogP contribution in [0, 0.1) is 6.92 Å². The molecule has 0 unspecified atom stereocenters. The minimum atomic E-state index is -1.04. The smallest absolute Gasteiger partial charge is 0.329 e. The van der Waals surface area contributed by atoms with Gasteiger partial charge in [-0.2, -0.15) is 0 Å². The SMILES string of the molecule is Cc1cc(C(=O)NCCOCC(=O)O)cc(Cl)c1Br. The molecule has 0 aliphatic carbocycles. The van der Waals surface area contributed by atoms with E-state index in [1.807, 2.05) is 6.92 Å². The summed E-state index contributed by atoms with van der Waals surface area (Å²) in [6.45, 7) is 1.84. The Morgan fingerprint density at radius 1 is 1.47 bits per heavy atom. The summed E-state index contributed by atoms with van der Waals surface area (Å²) < 4.78 is 5.56. The van der Waals surface area contributed by atoms with Crippen molar-refractivity contribution < 1.29 is 19.4 Å². The number of halogens is 2. The van der Waals surface area contributed by atoms with Crippen molar-refractivity contribution in [1.82, 2.24) is 5.32 Å². The van der Waals surface area contributed by atoms with Gasteiger partial charge in [0.1, 0.15) is 6.61 Å². The average molecular weight is 351 g/mol. The molecule has 0 radical (unpaired) electrons. The standard InChI is InChI=1S/C12H13BrClNO4/c1-7-4-8(5-9(14)11(7)13)12(18)15-2-3-19-6-10(16)17/h4-5H,2-3,6H2,1H3,(H,15,18)(H,16,17). The Labute approximate surface area is 124 Å². The Bertz CT molecular complexity index is 470. The molecule has 2 N–H and O–H groups in total. The number of ether oxygens (including phenoxy) is 1. The highest BCUT2D eigenvalue weighted by atomic mass is 79.9. The van der Waals surface area contributed by atoms with Crippen LogP contribution in [-0.4, -0.2) is 36.7 Å². The molecule has 1 rings (SSSR count). The number of hydrogen-bond donors (Lipinski definition) is 2. The highest BCUT2D eigenvalue weighted by Crippen LogP contribution is 2.27. The summed E-state index contributed by atoms with van der Waals surface area (Å²) in [4.78, 5) is 22.0. The van der Waals surface area contributed by atoms with Crippen LogP contribution in [0.1, 0.15) is 15.9 Å². The minimum absolute atomic E-state index is 0.140. The van der Waals surface area contributed by atoms with E-state index in [1.165, 1.54) is 0 Å². The summed E-state index contributed by atoms with van der Waals surface area (Å²) in [6.07, 6.45) is 0. The first-order chi connectivity index (χ1) is 8.91. The quantitative estimate of drug-likeness (QED) is 0.772. The zero-order valence-electron chi connectivity index (χ0n) is 10.2. The molecule has 0 aliphatic rings. The first-order valence-corrected chi connectivity index (χ1v) is 6.62. The van der Waals surface area contributed by atoms with Crippen molar-refractivity contribution in [1.29, 1.82) is 0 Å². The molecule has 1 aromatic carbocycles. The molecule has 1 aromatic rings. The molecule has 1 amide bonds. The maximum Gasteiger partial charge on any atom is 0.329 e. The number of carboxylic acids is 1. The van der Waals surface area contributed by atoms with Gasteiger partial charge in [0.05, 0.1) is 11.6 Å². The number of aliphatic carboxylic acids is 1. The van der Waals surface area contributed by atoms with E-state index in [0.29, 0.717) is 10.6 Å². The second-order valence-corrected chi connectivity index (χ2v) is 4.99. The summed E-state index contributed by atoms with van der Waals surface area (Å²) in [5.41, 5.74) is 1.31. The summed E-state index contributed by atoms with van der Waals surface area (Å²) in [5.74, 6) is -1.32. The maximum absolute atomic E-state index is 11.8. The molecule has 104 valence electrons. The first kappa shape index (κ1) is 15.9. The lowest BCUT2D eigenvalue weighted by Crippen LogP contribution is -2.28. The van der Waals surface area contributed by atoms with E-state index in [9.17, 15) is 9.59 Å². The van der Waals surface area contributed by atoms with Crippen molar-refractivity contribution in [3.8, 4) is 0 Å². The lowest BCUT2D eigenvalue weighted by molar-refractivity contribution is -0.142. The van der Waals surface area contributed by atoms with Crippen LogP contribution in [-0.2, 0) is 9.53 Å². The van der Waals surface area contributed by atoms with E-state index >= 15 is 0 Å². The second kappa shape index (κ2) is 7.47. The fraction of sp³-hybridized carbons (Fsp3) is 0.333. The molecule has 0 fully saturated rings. The van der Waals surface area contributed by atoms with Gasteiger partial charge in [0.25, 0.3) is 5.91 Å². The number of carboxylic acid groups (broad SMARTS) is 1. The third-order valence-corrected chi connectivity index (χ3v) is 3.81. The zero-order valence-corrected chi connectivity index (χ0v) is 12.5. The summed E-state index contributed by atoms with van der Waals surface area (Å²) in [7, 11) is 0. The number of carbonyl (C=O) groups is 2. The summed E-state index contributed by atoms with van der Waals surface area (Å²) in [5, 5.41) is 11.4. The van der Waals surface area contributed by atoms with Crippen molar-refractivity contribution in [2.45, 2.75) is 6.92 Å². The van der Waals surface area contributed by atoms with Gasteiger partial charge in [-0.25, -0.2) is 4.79 Å². The van der Waals surface area contributed by atoms with Gasteiger partial charge in [-0.05, 0) is 40.5 Å². The van der Waals surface area contributed by atoms with Gasteiger partial charge in [0, 0.05) is 16.6 Å². The molecule has 5 nitrogen and oxygen atoms in total. The number of benzene rings is 1. The average Bonchev–Trinajstić information content (AvgIpc) is 2.34. The highest BCUT2D eigenvalue weighted by molar-refractivity contribution is 9.10. The van der Waals surface area contributed by atoms with E-state index in [4.69, 9.17) is 21.4 Å². The van der Waals surface area contributed by atoms with Crippen molar-refractivity contribution in [2.75, 3.05) is 19.8 Å². The number of rotatable bonds is 6. The van der Waals surface area contributed by atoms with Crippen LogP contribution in [0.3, 0.4) is 0 Å². The number of carbonyl (C=O) groups excluding carboxylic acids is 1. The minimum Gasteiger partial charge on any atom is -0.480 e. The zero-order chi connectivity index (χ0) is 14.4. The molecular formula is C12H13BrClNO4. The number of nitrogens with one attached hydrogen (secondary N) is 1. The normalized spacial score (nSPS) is 10.3. The molecule has 0 aromatic heterocycles. The van der Waals surface area contributed by atoms with Crippen LogP contribution < -0.4 is 5.32 Å². The van der Waals surface area contributed by atoms with Crippen LogP contribution in [0.15, 0.2) is 16.6 Å². The van der Waals surface area contributed by atoms with Crippen LogP contribution in [0.4, 0.5) is 0 Å². The highest BCUT2D eigenvalue weighted by Gasteiger charge is 2.10. The van der Waals surface area contributed by atoms with Crippen molar-refractivity contribution in [3.63, 3.8) is 0 Å². The predicted octanol–water partition coefficient (Wildman–Crippen LogP) is 2.24. The van der Waals surface area contributed by atoms with Gasteiger partial charge in [-0.1, -0.05) is 11.6 Å². The summed E-state index contributed by atoms with van der Waals surface area (Å²) in [6, 6.07) is 3.27. The number of aryl methyl sites for hydroxylation is 1. The number of hydrogen-bond acceptors (Lipinski definition) is 3. The van der Waals surface area contributed by atoms with Gasteiger partial charge in [-0.3, -0.25) is 4.79 Å². The molecule has 0 aliphatic heterocycles. The molecule has 0 bridgehead atoms. The Hall–Kier alpha value is -1.11. The molecule has 0 saturated heterocycles. The van der Waals surface area contributed by atoms with Crippen LogP contribution >= 0.6 is 27.5 Å². The van der Waals surface area contributed by atoms with E-state index in [2.05, 4.69) is 21.2 Å². The van der Waals surface area contributed by atoms with Gasteiger partial charge in [0.2, 0.25) is 0 Å².